The summed E-state index contributed by atoms with van der Waals surface area (Å²) in [5.74, 6) is -0.0398. The van der Waals surface area contributed by atoms with Crippen LogP contribution in [0.2, 0.25) is 0 Å². The molecule has 4 nitrogen and oxygen atoms in total. The zero-order valence-corrected chi connectivity index (χ0v) is 8.83. The lowest BCUT2D eigenvalue weighted by Gasteiger charge is -2.13. The van der Waals surface area contributed by atoms with Gasteiger partial charge in [0.1, 0.15) is 5.84 Å². The van der Waals surface area contributed by atoms with Gasteiger partial charge >= 0.3 is 6.18 Å². The number of nitrogens with one attached hydrogen (secondary N) is 1. The van der Waals surface area contributed by atoms with Crippen molar-refractivity contribution in [3.05, 3.63) is 29.8 Å². The van der Waals surface area contributed by atoms with Gasteiger partial charge in [0.25, 0.3) is 0 Å². The van der Waals surface area contributed by atoms with Crippen LogP contribution >= 0.6 is 0 Å². The van der Waals surface area contributed by atoms with Crippen molar-refractivity contribution < 1.29 is 18.4 Å². The second-order valence-corrected chi connectivity index (χ2v) is 3.31. The average Bonchev–Trinajstić information content (AvgIpc) is 2.28. The van der Waals surface area contributed by atoms with Gasteiger partial charge in [-0.2, -0.15) is 13.2 Å². The highest BCUT2D eigenvalue weighted by Gasteiger charge is 2.32. The Kier molecular flexibility index (Phi) is 4.19. The summed E-state index contributed by atoms with van der Waals surface area (Å²) in [5.41, 5.74) is 4.44. The van der Waals surface area contributed by atoms with E-state index in [0.717, 1.165) is 6.07 Å². The molecule has 0 atom stereocenters. The van der Waals surface area contributed by atoms with Gasteiger partial charge in [0, 0.05) is 18.7 Å². The largest absolute Gasteiger partial charge is 0.418 e. The zero-order chi connectivity index (χ0) is 12.9. The van der Waals surface area contributed by atoms with E-state index in [9.17, 15) is 13.2 Å². The minimum absolute atomic E-state index is 0.0225. The van der Waals surface area contributed by atoms with Gasteiger partial charge < -0.3 is 16.3 Å². The Morgan fingerprint density at radius 2 is 2.00 bits per heavy atom. The lowest BCUT2D eigenvalue weighted by atomic mass is 10.1. The first-order valence-electron chi connectivity index (χ1n) is 4.81. The molecule has 1 rings (SSSR count). The number of benzene rings is 1. The lowest BCUT2D eigenvalue weighted by Crippen LogP contribution is -2.18. The Bertz CT molecular complexity index is 404. The number of nitrogens with two attached hydrogens (primary N) is 1. The minimum Gasteiger partial charge on any atom is -0.409 e. The molecular weight excluding hydrogens is 235 g/mol. The molecule has 17 heavy (non-hydrogen) atoms. The Labute approximate surface area is 95.9 Å². The molecule has 0 saturated carbocycles. The molecule has 0 saturated heterocycles. The minimum atomic E-state index is -4.40. The Morgan fingerprint density at radius 3 is 2.59 bits per heavy atom. The van der Waals surface area contributed by atoms with Crippen LogP contribution < -0.4 is 11.1 Å². The topological polar surface area (TPSA) is 70.6 Å². The summed E-state index contributed by atoms with van der Waals surface area (Å²) in [6, 6.07) is 5.14. The molecule has 0 spiro atoms. The molecule has 0 aromatic heterocycles. The fourth-order valence-electron chi connectivity index (χ4n) is 1.26. The summed E-state index contributed by atoms with van der Waals surface area (Å²) in [5, 5.41) is 13.6. The third-order valence-corrected chi connectivity index (χ3v) is 2.06. The number of alkyl halides is 3. The number of nitrogens with zero attached hydrogens (tertiary/aromatic N) is 1. The lowest BCUT2D eigenvalue weighted by molar-refractivity contribution is -0.136. The van der Waals surface area contributed by atoms with E-state index < -0.39 is 11.7 Å². The third kappa shape index (κ3) is 3.86. The zero-order valence-electron chi connectivity index (χ0n) is 8.83. The van der Waals surface area contributed by atoms with Crippen LogP contribution in [0.25, 0.3) is 0 Å². The number of para-hydroxylation sites is 1. The highest BCUT2D eigenvalue weighted by Crippen LogP contribution is 2.34. The molecule has 0 heterocycles. The average molecular weight is 247 g/mol. The molecule has 1 aromatic carbocycles. The van der Waals surface area contributed by atoms with E-state index >= 15 is 0 Å². The van der Waals surface area contributed by atoms with Crippen molar-refractivity contribution in [1.82, 2.24) is 0 Å². The molecule has 4 N–H and O–H groups in total. The second kappa shape index (κ2) is 5.42. The van der Waals surface area contributed by atoms with Crippen molar-refractivity contribution in [1.29, 1.82) is 0 Å². The maximum atomic E-state index is 12.6. The first-order chi connectivity index (χ1) is 7.95. The molecule has 0 amide bonds. The monoisotopic (exact) mass is 247 g/mol. The van der Waals surface area contributed by atoms with Crippen molar-refractivity contribution in [2.75, 3.05) is 11.9 Å². The van der Waals surface area contributed by atoms with E-state index in [1.807, 2.05) is 0 Å². The first kappa shape index (κ1) is 13.1. The number of amidine groups is 1. The van der Waals surface area contributed by atoms with E-state index in [1.54, 1.807) is 0 Å². The third-order valence-electron chi connectivity index (χ3n) is 2.06. The molecule has 0 unspecified atom stereocenters. The summed E-state index contributed by atoms with van der Waals surface area (Å²) in [7, 11) is 0. The number of anilines is 1. The van der Waals surface area contributed by atoms with E-state index in [4.69, 9.17) is 10.9 Å². The van der Waals surface area contributed by atoms with Crippen LogP contribution in [-0.4, -0.2) is 17.6 Å². The quantitative estimate of drug-likeness (QED) is 0.331. The summed E-state index contributed by atoms with van der Waals surface area (Å²) in [4.78, 5) is 0. The maximum absolute atomic E-state index is 12.6. The first-order valence-corrected chi connectivity index (χ1v) is 4.81. The Hall–Kier alpha value is -1.92. The van der Waals surface area contributed by atoms with Crippen molar-refractivity contribution in [2.24, 2.45) is 10.9 Å². The van der Waals surface area contributed by atoms with Gasteiger partial charge in [0.05, 0.1) is 5.56 Å². The van der Waals surface area contributed by atoms with Crippen LogP contribution in [0.1, 0.15) is 12.0 Å². The van der Waals surface area contributed by atoms with Crippen LogP contribution in [0, 0.1) is 0 Å². The standard InChI is InChI=1S/C10H12F3N3O/c11-10(12,13)7-3-1-2-4-8(7)15-6-5-9(14)16-17/h1-4,15,17H,5-6H2,(H2,14,16). The van der Waals surface area contributed by atoms with Crippen molar-refractivity contribution >= 4 is 11.5 Å². The van der Waals surface area contributed by atoms with Crippen LogP contribution in [0.4, 0.5) is 18.9 Å². The number of hydrogen-bond acceptors (Lipinski definition) is 3. The molecular formula is C10H12F3N3O. The predicted octanol–water partition coefficient (Wildman–Crippen LogP) is 2.25. The Balaban J connectivity index is 2.71. The molecule has 94 valence electrons. The molecule has 0 fully saturated rings. The van der Waals surface area contributed by atoms with Gasteiger partial charge in [-0.15, -0.1) is 0 Å². The number of halogens is 3. The fraction of sp³-hybridized carbons (Fsp3) is 0.300. The molecule has 0 bridgehead atoms. The fourth-order valence-corrected chi connectivity index (χ4v) is 1.26. The van der Waals surface area contributed by atoms with E-state index in [2.05, 4.69) is 10.5 Å². The van der Waals surface area contributed by atoms with Gasteiger partial charge in [-0.1, -0.05) is 17.3 Å². The van der Waals surface area contributed by atoms with Gasteiger partial charge in [-0.05, 0) is 12.1 Å². The molecule has 7 heteroatoms. The highest BCUT2D eigenvalue weighted by molar-refractivity contribution is 5.80. The van der Waals surface area contributed by atoms with E-state index in [-0.39, 0.29) is 24.5 Å². The molecule has 0 aliphatic carbocycles. The van der Waals surface area contributed by atoms with Crippen molar-refractivity contribution in [3.8, 4) is 0 Å². The maximum Gasteiger partial charge on any atom is 0.418 e. The molecule has 0 aliphatic rings. The predicted molar refractivity (Wildman–Crippen MR) is 58.0 cm³/mol. The SMILES string of the molecule is NC(CCNc1ccccc1C(F)(F)F)=NO. The number of rotatable bonds is 4. The van der Waals surface area contributed by atoms with E-state index in [0.29, 0.717) is 0 Å². The van der Waals surface area contributed by atoms with Crippen molar-refractivity contribution in [2.45, 2.75) is 12.6 Å². The summed E-state index contributed by atoms with van der Waals surface area (Å²) >= 11 is 0. The van der Waals surface area contributed by atoms with Crippen LogP contribution in [0.3, 0.4) is 0 Å². The summed E-state index contributed by atoms with van der Waals surface area (Å²) < 4.78 is 37.7. The molecule has 1 aromatic rings. The highest BCUT2D eigenvalue weighted by atomic mass is 19.4. The van der Waals surface area contributed by atoms with Gasteiger partial charge in [0.2, 0.25) is 0 Å². The normalized spacial score (nSPS) is 12.5. The van der Waals surface area contributed by atoms with Gasteiger partial charge in [0.15, 0.2) is 0 Å². The van der Waals surface area contributed by atoms with Crippen molar-refractivity contribution in [3.63, 3.8) is 0 Å². The van der Waals surface area contributed by atoms with Gasteiger partial charge in [-0.3, -0.25) is 0 Å². The van der Waals surface area contributed by atoms with Crippen LogP contribution in [0.15, 0.2) is 29.4 Å². The number of oxime groups is 1. The summed E-state index contributed by atoms with van der Waals surface area (Å²) in [6.45, 7) is 0.156. The Morgan fingerprint density at radius 1 is 1.35 bits per heavy atom. The molecule has 0 radical (unpaired) electrons. The van der Waals surface area contributed by atoms with Gasteiger partial charge in [-0.25, -0.2) is 0 Å². The number of hydrogen-bond donors (Lipinski definition) is 3. The van der Waals surface area contributed by atoms with Crippen LogP contribution in [-0.2, 0) is 6.18 Å². The smallest absolute Gasteiger partial charge is 0.409 e. The van der Waals surface area contributed by atoms with E-state index in [1.165, 1.54) is 18.2 Å². The molecule has 0 aliphatic heterocycles. The second-order valence-electron chi connectivity index (χ2n) is 3.31. The summed E-state index contributed by atoms with van der Waals surface area (Å²) in [6.07, 6.45) is -4.25. The van der Waals surface area contributed by atoms with Crippen LogP contribution in [0.5, 0.6) is 0 Å².